The lowest BCUT2D eigenvalue weighted by molar-refractivity contribution is 0.368. The lowest BCUT2D eigenvalue weighted by Gasteiger charge is -2.38. The molecule has 2 rings (SSSR count). The van der Waals surface area contributed by atoms with Crippen molar-refractivity contribution in [2.75, 3.05) is 11.4 Å². The topological polar surface area (TPSA) is 3.24 Å². The molecule has 1 nitrogen and oxygen atoms in total. The van der Waals surface area contributed by atoms with Crippen molar-refractivity contribution < 1.29 is 0 Å². The lowest BCUT2D eigenvalue weighted by Crippen LogP contribution is -2.41. The number of benzene rings is 1. The largest absolute Gasteiger partial charge is 0.368 e. The molecular weight excluding hydrogens is 450 g/mol. The van der Waals surface area contributed by atoms with Crippen LogP contribution in [0.2, 0.25) is 0 Å². The molecule has 0 aliphatic heterocycles. The summed E-state index contributed by atoms with van der Waals surface area (Å²) in [4.78, 5) is 3.45. The van der Waals surface area contributed by atoms with Gasteiger partial charge < -0.3 is 4.90 Å². The van der Waals surface area contributed by atoms with Crippen LogP contribution in [0.1, 0.15) is 78.6 Å². The molecule has 1 saturated carbocycles. The summed E-state index contributed by atoms with van der Waals surface area (Å²) >= 11 is 7.50. The van der Waals surface area contributed by atoms with E-state index in [0.717, 1.165) is 11.8 Å². The number of hydrogen-bond acceptors (Lipinski definition) is 1. The summed E-state index contributed by atoms with van der Waals surface area (Å²) in [5.41, 5.74) is 1.41. The lowest BCUT2D eigenvalue weighted by atomic mass is 9.91. The molecule has 0 aromatic heterocycles. The van der Waals surface area contributed by atoms with Gasteiger partial charge in [0.05, 0.1) is 0 Å². The number of halogens is 2. The van der Waals surface area contributed by atoms with Gasteiger partial charge in [-0.2, -0.15) is 0 Å². The molecule has 0 heterocycles. The van der Waals surface area contributed by atoms with Crippen molar-refractivity contribution in [1.82, 2.24) is 0 Å². The van der Waals surface area contributed by atoms with Crippen LogP contribution >= 0.6 is 31.9 Å². The minimum atomic E-state index is 0.669. The second-order valence-electron chi connectivity index (χ2n) is 8.21. The molecule has 1 aliphatic rings. The fourth-order valence-corrected chi connectivity index (χ4v) is 5.84. The Morgan fingerprint density at radius 2 is 1.69 bits per heavy atom. The van der Waals surface area contributed by atoms with Crippen molar-refractivity contribution in [2.45, 2.75) is 89.4 Å². The first kappa shape index (κ1) is 22.3. The van der Waals surface area contributed by atoms with E-state index in [9.17, 15) is 0 Å². The minimum Gasteiger partial charge on any atom is -0.368 e. The molecule has 0 spiro atoms. The van der Waals surface area contributed by atoms with Gasteiger partial charge in [0.15, 0.2) is 0 Å². The van der Waals surface area contributed by atoms with Gasteiger partial charge in [-0.05, 0) is 61.8 Å². The molecule has 1 fully saturated rings. The van der Waals surface area contributed by atoms with E-state index in [4.69, 9.17) is 0 Å². The Kier molecular flexibility index (Phi) is 10.1. The summed E-state index contributed by atoms with van der Waals surface area (Å²) in [6.07, 6.45) is 12.0. The average Bonchev–Trinajstić information content (AvgIpc) is 2.77. The summed E-state index contributed by atoms with van der Waals surface area (Å²) < 4.78 is 1.17. The SMILES string of the molecule is CCCC(CCC)CCN(c1ccc(Br)cc1)C1CCCC(Br)CC1C. The smallest absolute Gasteiger partial charge is 0.0369 e. The summed E-state index contributed by atoms with van der Waals surface area (Å²) in [7, 11) is 0. The van der Waals surface area contributed by atoms with Crippen LogP contribution in [0.25, 0.3) is 0 Å². The molecule has 3 heteroatoms. The summed E-state index contributed by atoms with van der Waals surface area (Å²) in [6, 6.07) is 9.69. The maximum Gasteiger partial charge on any atom is 0.0369 e. The van der Waals surface area contributed by atoms with Gasteiger partial charge in [0, 0.05) is 27.6 Å². The molecule has 3 atom stereocenters. The van der Waals surface area contributed by atoms with Crippen LogP contribution in [0, 0.1) is 11.8 Å². The van der Waals surface area contributed by atoms with E-state index in [1.807, 2.05) is 0 Å². The highest BCUT2D eigenvalue weighted by Crippen LogP contribution is 2.34. The maximum absolute atomic E-state index is 3.90. The zero-order valence-corrected chi connectivity index (χ0v) is 20.1. The third-order valence-electron chi connectivity index (χ3n) is 6.03. The zero-order valence-electron chi connectivity index (χ0n) is 16.9. The van der Waals surface area contributed by atoms with Crippen molar-refractivity contribution >= 4 is 37.5 Å². The van der Waals surface area contributed by atoms with Crippen molar-refractivity contribution in [2.24, 2.45) is 11.8 Å². The van der Waals surface area contributed by atoms with Crippen molar-refractivity contribution in [3.8, 4) is 0 Å². The predicted octanol–water partition coefficient (Wildman–Crippen LogP) is 8.20. The van der Waals surface area contributed by atoms with Gasteiger partial charge in [-0.25, -0.2) is 0 Å². The number of rotatable bonds is 9. The van der Waals surface area contributed by atoms with E-state index in [1.54, 1.807) is 0 Å². The van der Waals surface area contributed by atoms with Gasteiger partial charge in [0.1, 0.15) is 0 Å². The Morgan fingerprint density at radius 3 is 2.31 bits per heavy atom. The number of alkyl halides is 1. The molecular formula is C23H37Br2N. The van der Waals surface area contributed by atoms with Crippen LogP contribution in [0.3, 0.4) is 0 Å². The second kappa shape index (κ2) is 11.7. The summed E-state index contributed by atoms with van der Waals surface area (Å²) in [5.74, 6) is 1.62. The van der Waals surface area contributed by atoms with Gasteiger partial charge in [0.25, 0.3) is 0 Å². The average molecular weight is 487 g/mol. The second-order valence-corrected chi connectivity index (χ2v) is 10.4. The van der Waals surface area contributed by atoms with Crippen LogP contribution in [0.4, 0.5) is 5.69 Å². The summed E-state index contributed by atoms with van der Waals surface area (Å²) in [6.45, 7) is 8.33. The first-order valence-electron chi connectivity index (χ1n) is 10.7. The van der Waals surface area contributed by atoms with Crippen molar-refractivity contribution in [3.63, 3.8) is 0 Å². The molecule has 26 heavy (non-hydrogen) atoms. The van der Waals surface area contributed by atoms with Gasteiger partial charge in [-0.3, -0.25) is 0 Å². The van der Waals surface area contributed by atoms with Crippen LogP contribution in [-0.4, -0.2) is 17.4 Å². The van der Waals surface area contributed by atoms with Crippen molar-refractivity contribution in [1.29, 1.82) is 0 Å². The van der Waals surface area contributed by atoms with Gasteiger partial charge in [-0.1, -0.05) is 84.7 Å². The van der Waals surface area contributed by atoms with E-state index in [0.29, 0.717) is 10.9 Å². The summed E-state index contributed by atoms with van der Waals surface area (Å²) in [5, 5.41) is 0. The molecule has 148 valence electrons. The quantitative estimate of drug-likeness (QED) is 0.251. The Bertz CT molecular complexity index is 495. The van der Waals surface area contributed by atoms with E-state index < -0.39 is 0 Å². The van der Waals surface area contributed by atoms with Gasteiger partial charge in [-0.15, -0.1) is 0 Å². The molecule has 0 saturated heterocycles. The Morgan fingerprint density at radius 1 is 1.04 bits per heavy atom. The normalized spacial score (nSPS) is 23.8. The third-order valence-corrected chi connectivity index (χ3v) is 7.39. The number of nitrogens with zero attached hydrogens (tertiary/aromatic N) is 1. The van der Waals surface area contributed by atoms with E-state index in [2.05, 4.69) is 81.8 Å². The van der Waals surface area contributed by atoms with Crippen LogP contribution in [-0.2, 0) is 0 Å². The fraction of sp³-hybridized carbons (Fsp3) is 0.739. The highest BCUT2D eigenvalue weighted by molar-refractivity contribution is 9.10. The number of hydrogen-bond donors (Lipinski definition) is 0. The first-order valence-corrected chi connectivity index (χ1v) is 12.4. The van der Waals surface area contributed by atoms with Gasteiger partial charge in [0.2, 0.25) is 0 Å². The Labute approximate surface area is 178 Å². The molecule has 0 amide bonds. The predicted molar refractivity (Wildman–Crippen MR) is 124 cm³/mol. The molecule has 3 unspecified atom stereocenters. The van der Waals surface area contributed by atoms with Crippen molar-refractivity contribution in [3.05, 3.63) is 28.7 Å². The molecule has 1 aliphatic carbocycles. The molecule has 0 bridgehead atoms. The van der Waals surface area contributed by atoms with Gasteiger partial charge >= 0.3 is 0 Å². The number of anilines is 1. The monoisotopic (exact) mass is 485 g/mol. The minimum absolute atomic E-state index is 0.669. The molecule has 1 aromatic carbocycles. The maximum atomic E-state index is 3.90. The Hall–Kier alpha value is -0.0200. The molecule has 1 aromatic rings. The van der Waals surface area contributed by atoms with Crippen LogP contribution in [0.5, 0.6) is 0 Å². The highest BCUT2D eigenvalue weighted by atomic mass is 79.9. The van der Waals surface area contributed by atoms with E-state index >= 15 is 0 Å². The van der Waals surface area contributed by atoms with E-state index in [1.165, 1.54) is 74.5 Å². The fourth-order valence-electron chi connectivity index (χ4n) is 4.66. The third kappa shape index (κ3) is 6.86. The molecule has 0 radical (unpaired) electrons. The van der Waals surface area contributed by atoms with E-state index in [-0.39, 0.29) is 0 Å². The van der Waals surface area contributed by atoms with Crippen LogP contribution in [0.15, 0.2) is 28.7 Å². The van der Waals surface area contributed by atoms with Crippen LogP contribution < -0.4 is 4.90 Å². The first-order chi connectivity index (χ1) is 12.5. The Balaban J connectivity index is 2.16. The zero-order chi connectivity index (χ0) is 18.9. The standard InChI is InChI=1S/C23H37Br2N/c1-4-7-19(8-5-2)15-16-26(22-13-11-20(24)12-14-22)23-10-6-9-21(25)17-18(23)3/h11-14,18-19,21,23H,4-10,15-17H2,1-3H3. The molecule has 0 N–H and O–H groups in total. The highest BCUT2D eigenvalue weighted by Gasteiger charge is 2.29.